The summed E-state index contributed by atoms with van der Waals surface area (Å²) >= 11 is 0. The third-order valence-electron chi connectivity index (χ3n) is 4.59. The van der Waals surface area contributed by atoms with E-state index < -0.39 is 5.60 Å². The van der Waals surface area contributed by atoms with Crippen molar-refractivity contribution in [3.05, 3.63) is 11.9 Å². The van der Waals surface area contributed by atoms with Crippen molar-refractivity contribution in [2.24, 2.45) is 11.8 Å². The van der Waals surface area contributed by atoms with Crippen LogP contribution in [0.1, 0.15) is 47.2 Å². The molecule has 2 aliphatic rings. The van der Waals surface area contributed by atoms with E-state index >= 15 is 0 Å². The van der Waals surface area contributed by atoms with Crippen LogP contribution in [0.3, 0.4) is 0 Å². The average molecular weight is 335 g/mol. The Bertz CT molecular complexity index is 601. The highest BCUT2D eigenvalue weighted by Gasteiger charge is 2.56. The molecule has 1 saturated heterocycles. The highest BCUT2D eigenvalue weighted by atomic mass is 16.6. The number of ether oxygens (including phenoxy) is 1. The van der Waals surface area contributed by atoms with Gasteiger partial charge in [0.1, 0.15) is 5.60 Å². The van der Waals surface area contributed by atoms with Gasteiger partial charge in [-0.15, -0.1) is 5.10 Å². The molecule has 2 heterocycles. The SMILES string of the molecule is CC(C)(C)OC(=O)N1CC2C(C1)C2NCc1cn(C(C)(C)C)nn1. The van der Waals surface area contributed by atoms with E-state index in [9.17, 15) is 4.79 Å². The van der Waals surface area contributed by atoms with E-state index in [0.29, 0.717) is 17.9 Å². The predicted octanol–water partition coefficient (Wildman–Crippen LogP) is 1.99. The fourth-order valence-electron chi connectivity index (χ4n) is 3.23. The summed E-state index contributed by atoms with van der Waals surface area (Å²) in [6, 6.07) is 0.475. The number of nitrogens with one attached hydrogen (secondary N) is 1. The van der Waals surface area contributed by atoms with E-state index in [1.54, 1.807) is 0 Å². The molecule has 0 bridgehead atoms. The number of piperidine rings is 1. The monoisotopic (exact) mass is 335 g/mol. The number of likely N-dealkylation sites (tertiary alicyclic amines) is 1. The molecule has 134 valence electrons. The Morgan fingerprint density at radius 3 is 2.38 bits per heavy atom. The van der Waals surface area contributed by atoms with Gasteiger partial charge in [0.2, 0.25) is 0 Å². The van der Waals surface area contributed by atoms with Gasteiger partial charge in [-0.1, -0.05) is 5.21 Å². The summed E-state index contributed by atoms with van der Waals surface area (Å²) < 4.78 is 7.33. The summed E-state index contributed by atoms with van der Waals surface area (Å²) in [4.78, 5) is 13.9. The molecule has 2 fully saturated rings. The third kappa shape index (κ3) is 3.71. The molecule has 0 aromatic carbocycles. The molecule has 24 heavy (non-hydrogen) atoms. The lowest BCUT2D eigenvalue weighted by atomic mass is 10.1. The van der Waals surface area contributed by atoms with Crippen LogP contribution in [0.15, 0.2) is 6.20 Å². The molecule has 1 aliphatic heterocycles. The second-order valence-corrected chi connectivity index (χ2v) is 8.94. The molecule has 3 rings (SSSR count). The lowest BCUT2D eigenvalue weighted by Gasteiger charge is -2.26. The van der Waals surface area contributed by atoms with Crippen molar-refractivity contribution in [1.29, 1.82) is 0 Å². The van der Waals surface area contributed by atoms with Crippen LogP contribution in [0, 0.1) is 11.8 Å². The molecule has 7 nitrogen and oxygen atoms in total. The van der Waals surface area contributed by atoms with Crippen LogP contribution in [0.5, 0.6) is 0 Å². The average Bonchev–Trinajstić information content (AvgIpc) is 2.85. The minimum atomic E-state index is -0.430. The summed E-state index contributed by atoms with van der Waals surface area (Å²) in [6.07, 6.45) is 1.81. The molecule has 1 N–H and O–H groups in total. The van der Waals surface area contributed by atoms with E-state index in [1.807, 2.05) is 36.5 Å². The lowest BCUT2D eigenvalue weighted by molar-refractivity contribution is 0.0269. The van der Waals surface area contributed by atoms with Gasteiger partial charge in [0.15, 0.2) is 0 Å². The number of hydrogen-bond donors (Lipinski definition) is 1. The Hall–Kier alpha value is -1.63. The highest BCUT2D eigenvalue weighted by molar-refractivity contribution is 5.69. The van der Waals surface area contributed by atoms with Gasteiger partial charge in [0.25, 0.3) is 0 Å². The molecule has 0 spiro atoms. The topological polar surface area (TPSA) is 72.3 Å². The van der Waals surface area contributed by atoms with Crippen molar-refractivity contribution >= 4 is 6.09 Å². The number of amides is 1. The lowest BCUT2D eigenvalue weighted by Crippen LogP contribution is -2.39. The Morgan fingerprint density at radius 1 is 1.25 bits per heavy atom. The van der Waals surface area contributed by atoms with Crippen LogP contribution in [-0.4, -0.2) is 50.7 Å². The number of hydrogen-bond acceptors (Lipinski definition) is 5. The third-order valence-corrected chi connectivity index (χ3v) is 4.59. The summed E-state index contributed by atoms with van der Waals surface area (Å²) in [5.41, 5.74) is 0.481. The van der Waals surface area contributed by atoms with Crippen LogP contribution < -0.4 is 5.32 Å². The molecule has 2 unspecified atom stereocenters. The van der Waals surface area contributed by atoms with Crippen molar-refractivity contribution in [2.75, 3.05) is 13.1 Å². The summed E-state index contributed by atoms with van der Waals surface area (Å²) in [6.45, 7) is 14.3. The Kier molecular flexibility index (Phi) is 4.10. The Morgan fingerprint density at radius 2 is 1.88 bits per heavy atom. The molecule has 2 atom stereocenters. The maximum atomic E-state index is 12.1. The van der Waals surface area contributed by atoms with Gasteiger partial charge in [-0.05, 0) is 53.4 Å². The van der Waals surface area contributed by atoms with Gasteiger partial charge in [-0.25, -0.2) is 9.48 Å². The van der Waals surface area contributed by atoms with Crippen molar-refractivity contribution < 1.29 is 9.53 Å². The van der Waals surface area contributed by atoms with E-state index in [2.05, 4.69) is 36.4 Å². The first kappa shape index (κ1) is 17.2. The van der Waals surface area contributed by atoms with Gasteiger partial charge < -0.3 is 15.0 Å². The molecule has 1 aliphatic carbocycles. The number of aromatic nitrogens is 3. The van der Waals surface area contributed by atoms with Gasteiger partial charge in [-0.3, -0.25) is 0 Å². The summed E-state index contributed by atoms with van der Waals surface area (Å²) in [5, 5.41) is 12.0. The number of carbonyl (C=O) groups excluding carboxylic acids is 1. The maximum Gasteiger partial charge on any atom is 0.410 e. The minimum Gasteiger partial charge on any atom is -0.444 e. The number of fused-ring (bicyclic) bond motifs is 1. The van der Waals surface area contributed by atoms with E-state index in [4.69, 9.17) is 4.74 Å². The summed E-state index contributed by atoms with van der Waals surface area (Å²) in [5.74, 6) is 1.07. The molecule has 0 radical (unpaired) electrons. The second-order valence-electron chi connectivity index (χ2n) is 8.94. The smallest absolute Gasteiger partial charge is 0.410 e. The number of carbonyl (C=O) groups is 1. The quantitative estimate of drug-likeness (QED) is 0.914. The zero-order chi connectivity index (χ0) is 17.7. The van der Waals surface area contributed by atoms with Gasteiger partial charge in [0, 0.05) is 25.7 Å². The molecule has 1 amide bonds. The zero-order valence-corrected chi connectivity index (χ0v) is 15.5. The maximum absolute atomic E-state index is 12.1. The first-order chi connectivity index (χ1) is 11.0. The first-order valence-corrected chi connectivity index (χ1v) is 8.67. The second kappa shape index (κ2) is 5.72. The van der Waals surface area contributed by atoms with Crippen LogP contribution in [0.2, 0.25) is 0 Å². The largest absolute Gasteiger partial charge is 0.444 e. The standard InChI is InChI=1S/C17H29N5O2/c1-16(2,3)22-8-11(19-20-22)7-18-14-12-9-21(10-13(12)14)15(23)24-17(4,5)6/h8,12-14,18H,7,9-10H2,1-6H3. The molecule has 1 aromatic rings. The van der Waals surface area contributed by atoms with Crippen LogP contribution in [0.4, 0.5) is 4.79 Å². The first-order valence-electron chi connectivity index (χ1n) is 8.67. The Balaban J connectivity index is 1.44. The van der Waals surface area contributed by atoms with Crippen molar-refractivity contribution in [1.82, 2.24) is 25.2 Å². The molecule has 7 heteroatoms. The number of rotatable bonds is 3. The fourth-order valence-corrected chi connectivity index (χ4v) is 3.23. The van der Waals surface area contributed by atoms with Crippen molar-refractivity contribution in [3.8, 4) is 0 Å². The normalized spacial score (nSPS) is 26.4. The molecular formula is C17H29N5O2. The molecule has 1 aromatic heterocycles. The van der Waals surface area contributed by atoms with Gasteiger partial charge >= 0.3 is 6.09 Å². The molecule has 1 saturated carbocycles. The van der Waals surface area contributed by atoms with E-state index in [-0.39, 0.29) is 11.6 Å². The van der Waals surface area contributed by atoms with E-state index in [1.165, 1.54) is 0 Å². The van der Waals surface area contributed by atoms with E-state index in [0.717, 1.165) is 25.3 Å². The minimum absolute atomic E-state index is 0.0464. The van der Waals surface area contributed by atoms with Crippen LogP contribution >= 0.6 is 0 Å². The van der Waals surface area contributed by atoms with Crippen LogP contribution in [-0.2, 0) is 16.8 Å². The van der Waals surface area contributed by atoms with Crippen molar-refractivity contribution in [2.45, 2.75) is 65.3 Å². The predicted molar refractivity (Wildman–Crippen MR) is 90.4 cm³/mol. The Labute approximate surface area is 143 Å². The summed E-state index contributed by atoms with van der Waals surface area (Å²) in [7, 11) is 0. The van der Waals surface area contributed by atoms with Gasteiger partial charge in [0.05, 0.1) is 17.4 Å². The number of nitrogens with zero attached hydrogens (tertiary/aromatic N) is 4. The van der Waals surface area contributed by atoms with Crippen LogP contribution in [0.25, 0.3) is 0 Å². The van der Waals surface area contributed by atoms with Gasteiger partial charge in [-0.2, -0.15) is 0 Å². The molecular weight excluding hydrogens is 306 g/mol. The fraction of sp³-hybridized carbons (Fsp3) is 0.824. The van der Waals surface area contributed by atoms with Crippen molar-refractivity contribution in [3.63, 3.8) is 0 Å². The highest BCUT2D eigenvalue weighted by Crippen LogP contribution is 2.45. The zero-order valence-electron chi connectivity index (χ0n) is 15.5.